The summed E-state index contributed by atoms with van der Waals surface area (Å²) >= 11 is 0. The van der Waals surface area contributed by atoms with E-state index in [2.05, 4.69) is 26.8 Å². The van der Waals surface area contributed by atoms with E-state index in [4.69, 9.17) is 15.5 Å². The third kappa shape index (κ3) is 5.28. The summed E-state index contributed by atoms with van der Waals surface area (Å²) < 4.78 is 7.15. The molecule has 0 bridgehead atoms. The van der Waals surface area contributed by atoms with Crippen LogP contribution in [0.3, 0.4) is 0 Å². The van der Waals surface area contributed by atoms with Crippen LogP contribution in [0.15, 0.2) is 53.9 Å². The first-order valence-corrected chi connectivity index (χ1v) is 13.1. The van der Waals surface area contributed by atoms with Crippen LogP contribution >= 0.6 is 0 Å². The Labute approximate surface area is 222 Å². The van der Waals surface area contributed by atoms with Gasteiger partial charge in [0.2, 0.25) is 5.88 Å². The number of pyridine rings is 1. The van der Waals surface area contributed by atoms with Crippen LogP contribution < -0.4 is 21.1 Å². The van der Waals surface area contributed by atoms with E-state index in [1.54, 1.807) is 31.5 Å². The number of phenols is 1. The minimum Gasteiger partial charge on any atom is -0.508 e. The normalized spacial score (nSPS) is 16.1. The van der Waals surface area contributed by atoms with Crippen molar-refractivity contribution in [3.63, 3.8) is 0 Å². The van der Waals surface area contributed by atoms with Crippen molar-refractivity contribution >= 4 is 22.7 Å². The van der Waals surface area contributed by atoms with E-state index in [9.17, 15) is 5.11 Å². The SMILES string of the molecule is CCc1cc(O)ccc1/N=C(\N)c1cnn2cc(-c3cnc(OC)cc3C)cc2c1NC[C@H]1CCCCN1. The first kappa shape index (κ1) is 25.5. The van der Waals surface area contributed by atoms with Gasteiger partial charge < -0.3 is 26.2 Å². The molecule has 0 radical (unpaired) electrons. The highest BCUT2D eigenvalue weighted by molar-refractivity contribution is 6.06. The summed E-state index contributed by atoms with van der Waals surface area (Å²) in [5, 5.41) is 21.9. The monoisotopic (exact) mass is 513 g/mol. The zero-order valence-corrected chi connectivity index (χ0v) is 22.2. The predicted octanol–water partition coefficient (Wildman–Crippen LogP) is 4.57. The fourth-order valence-corrected chi connectivity index (χ4v) is 5.01. The Morgan fingerprint density at radius 3 is 2.87 bits per heavy atom. The number of rotatable bonds is 8. The Balaban J connectivity index is 1.58. The largest absolute Gasteiger partial charge is 0.508 e. The van der Waals surface area contributed by atoms with Gasteiger partial charge in [-0.1, -0.05) is 13.3 Å². The van der Waals surface area contributed by atoms with E-state index in [0.717, 1.165) is 70.6 Å². The van der Waals surface area contributed by atoms with Crippen LogP contribution in [0.2, 0.25) is 0 Å². The molecule has 0 saturated carbocycles. The van der Waals surface area contributed by atoms with Gasteiger partial charge in [0.1, 0.15) is 11.6 Å². The van der Waals surface area contributed by atoms with Crippen molar-refractivity contribution in [2.45, 2.75) is 45.6 Å². The standard InChI is InChI=1S/C29H35N7O2/c1-4-19-12-22(37)8-9-25(19)35-29(30)24-16-34-36-17-20(23-15-32-27(38-3)11-18(23)2)13-26(36)28(24)33-14-21-7-5-6-10-31-21/h8-9,11-13,15-17,21,31,33,37H,4-7,10,14H2,1-3H3,(H2,30,35)/t21-/m1/s1. The topological polar surface area (TPSA) is 122 Å². The summed E-state index contributed by atoms with van der Waals surface area (Å²) in [4.78, 5) is 9.16. The molecular weight excluding hydrogens is 478 g/mol. The van der Waals surface area contributed by atoms with E-state index < -0.39 is 0 Å². The number of benzene rings is 1. The predicted molar refractivity (Wildman–Crippen MR) is 152 cm³/mol. The number of aromatic hydroxyl groups is 1. The zero-order valence-electron chi connectivity index (χ0n) is 22.2. The number of hydrogen-bond acceptors (Lipinski definition) is 7. The molecule has 4 aromatic rings. The van der Waals surface area contributed by atoms with Gasteiger partial charge in [-0.15, -0.1) is 0 Å². The highest BCUT2D eigenvalue weighted by atomic mass is 16.5. The maximum atomic E-state index is 9.90. The number of nitrogens with zero attached hydrogens (tertiary/aromatic N) is 4. The minimum atomic E-state index is 0.217. The third-order valence-corrected chi connectivity index (χ3v) is 7.14. The Bertz CT molecular complexity index is 1470. The number of aliphatic imine (C=N–C) groups is 1. The van der Waals surface area contributed by atoms with Crippen molar-refractivity contribution in [2.24, 2.45) is 10.7 Å². The minimum absolute atomic E-state index is 0.217. The quantitative estimate of drug-likeness (QED) is 0.201. The van der Waals surface area contributed by atoms with Crippen LogP contribution in [0.5, 0.6) is 11.6 Å². The maximum absolute atomic E-state index is 9.90. The molecule has 9 nitrogen and oxygen atoms in total. The highest BCUT2D eigenvalue weighted by Crippen LogP contribution is 2.32. The van der Waals surface area contributed by atoms with Gasteiger partial charge in [0.05, 0.1) is 35.8 Å². The fraction of sp³-hybridized carbons (Fsp3) is 0.345. The van der Waals surface area contributed by atoms with Gasteiger partial charge >= 0.3 is 0 Å². The van der Waals surface area contributed by atoms with Crippen LogP contribution in [0.4, 0.5) is 11.4 Å². The van der Waals surface area contributed by atoms with E-state index in [1.165, 1.54) is 12.8 Å². The molecule has 4 heterocycles. The lowest BCUT2D eigenvalue weighted by Gasteiger charge is -2.25. The molecule has 0 aliphatic carbocycles. The number of piperidine rings is 1. The van der Waals surface area contributed by atoms with Gasteiger partial charge in [0.15, 0.2) is 0 Å². The number of nitrogens with two attached hydrogens (primary N) is 1. The molecule has 1 saturated heterocycles. The summed E-state index contributed by atoms with van der Waals surface area (Å²) in [7, 11) is 1.62. The molecule has 5 N–H and O–H groups in total. The number of aromatic nitrogens is 3. The van der Waals surface area contributed by atoms with Crippen molar-refractivity contribution in [3.05, 3.63) is 65.6 Å². The van der Waals surface area contributed by atoms with Gasteiger partial charge in [-0.05, 0) is 68.1 Å². The Morgan fingerprint density at radius 1 is 1.26 bits per heavy atom. The number of aryl methyl sites for hydroxylation is 2. The summed E-state index contributed by atoms with van der Waals surface area (Å²) in [6.07, 6.45) is 9.89. The summed E-state index contributed by atoms with van der Waals surface area (Å²) in [5.74, 6) is 1.17. The van der Waals surface area contributed by atoms with Crippen molar-refractivity contribution in [3.8, 4) is 22.8 Å². The number of hydrogen-bond donors (Lipinski definition) is 4. The number of methoxy groups -OCH3 is 1. The Morgan fingerprint density at radius 2 is 2.13 bits per heavy atom. The molecular formula is C29H35N7O2. The number of anilines is 1. The molecule has 9 heteroatoms. The smallest absolute Gasteiger partial charge is 0.213 e. The number of phenolic OH excluding ortho intramolecular Hbond substituents is 1. The van der Waals surface area contributed by atoms with Crippen molar-refractivity contribution in [1.29, 1.82) is 0 Å². The lowest BCUT2D eigenvalue weighted by Crippen LogP contribution is -2.39. The number of amidine groups is 1. The Hall–Kier alpha value is -4.11. The molecule has 198 valence electrons. The molecule has 0 unspecified atom stereocenters. The second-order valence-electron chi connectivity index (χ2n) is 9.72. The lowest BCUT2D eigenvalue weighted by atomic mass is 10.0. The first-order chi connectivity index (χ1) is 18.5. The summed E-state index contributed by atoms with van der Waals surface area (Å²) in [5.41, 5.74) is 13.9. The molecule has 5 rings (SSSR count). The van der Waals surface area contributed by atoms with Crippen molar-refractivity contribution in [2.75, 3.05) is 25.5 Å². The third-order valence-electron chi connectivity index (χ3n) is 7.14. The highest BCUT2D eigenvalue weighted by Gasteiger charge is 2.19. The second-order valence-corrected chi connectivity index (χ2v) is 9.72. The van der Waals surface area contributed by atoms with Gasteiger partial charge in [-0.3, -0.25) is 0 Å². The number of nitrogens with one attached hydrogen (secondary N) is 2. The van der Waals surface area contributed by atoms with Crippen LogP contribution in [-0.2, 0) is 6.42 Å². The van der Waals surface area contributed by atoms with Gasteiger partial charge in [0.25, 0.3) is 0 Å². The van der Waals surface area contributed by atoms with E-state index in [-0.39, 0.29) is 5.75 Å². The van der Waals surface area contributed by atoms with Gasteiger partial charge in [-0.2, -0.15) is 5.10 Å². The first-order valence-electron chi connectivity index (χ1n) is 13.1. The van der Waals surface area contributed by atoms with Crippen LogP contribution in [-0.4, -0.2) is 51.8 Å². The van der Waals surface area contributed by atoms with Gasteiger partial charge in [-0.25, -0.2) is 14.5 Å². The van der Waals surface area contributed by atoms with Crippen LogP contribution in [0.1, 0.15) is 42.9 Å². The molecule has 1 aliphatic heterocycles. The second kappa shape index (κ2) is 11.1. The molecule has 1 aromatic carbocycles. The van der Waals surface area contributed by atoms with Crippen molar-refractivity contribution in [1.82, 2.24) is 19.9 Å². The molecule has 1 atom stereocenters. The molecule has 1 aliphatic rings. The van der Waals surface area contributed by atoms with E-state index in [1.807, 2.05) is 36.8 Å². The van der Waals surface area contributed by atoms with Crippen molar-refractivity contribution < 1.29 is 9.84 Å². The molecule has 3 aromatic heterocycles. The number of ether oxygens (including phenoxy) is 1. The molecule has 38 heavy (non-hydrogen) atoms. The number of fused-ring (bicyclic) bond motifs is 1. The van der Waals surface area contributed by atoms with Crippen LogP contribution in [0, 0.1) is 6.92 Å². The Kier molecular flexibility index (Phi) is 7.46. The fourth-order valence-electron chi connectivity index (χ4n) is 5.01. The van der Waals surface area contributed by atoms with Gasteiger partial charge in [0, 0.05) is 42.2 Å². The molecule has 0 amide bonds. The summed E-state index contributed by atoms with van der Waals surface area (Å²) in [6.45, 7) is 5.87. The molecule has 1 fully saturated rings. The average molecular weight is 514 g/mol. The summed E-state index contributed by atoms with van der Waals surface area (Å²) in [6, 6.07) is 9.57. The maximum Gasteiger partial charge on any atom is 0.213 e. The van der Waals surface area contributed by atoms with Crippen LogP contribution in [0.25, 0.3) is 16.6 Å². The lowest BCUT2D eigenvalue weighted by molar-refractivity contribution is 0.397. The van der Waals surface area contributed by atoms with E-state index >= 15 is 0 Å². The zero-order chi connectivity index (χ0) is 26.6. The average Bonchev–Trinajstić information content (AvgIpc) is 3.37. The van der Waals surface area contributed by atoms with E-state index in [0.29, 0.717) is 17.8 Å². The molecule has 0 spiro atoms.